The molecule has 1 atom stereocenters. The maximum absolute atomic E-state index is 12.5. The number of carbonyl (C=O) groups excluding carboxylic acids is 1. The summed E-state index contributed by atoms with van der Waals surface area (Å²) < 4.78 is 1.78. The number of amides is 1. The van der Waals surface area contributed by atoms with E-state index in [0.717, 1.165) is 36.5 Å². The minimum atomic E-state index is 0.128. The molecule has 1 saturated heterocycles. The monoisotopic (exact) mass is 313 g/mol. The third kappa shape index (κ3) is 2.27. The van der Waals surface area contributed by atoms with E-state index < -0.39 is 0 Å². The quantitative estimate of drug-likeness (QED) is 0.727. The van der Waals surface area contributed by atoms with Gasteiger partial charge in [0.1, 0.15) is 6.33 Å². The SMILES string of the molecule is O=C(c1cccs1)N1CCC[C@H](c2ccnc3ncnn23)C1. The van der Waals surface area contributed by atoms with Crippen LogP contribution in [0.4, 0.5) is 0 Å². The fourth-order valence-electron chi connectivity index (χ4n) is 3.02. The first kappa shape index (κ1) is 13.4. The molecular formula is C15H15N5OS. The molecule has 7 heteroatoms. The van der Waals surface area contributed by atoms with E-state index in [0.29, 0.717) is 5.78 Å². The number of carbonyl (C=O) groups is 1. The minimum absolute atomic E-state index is 0.128. The van der Waals surface area contributed by atoms with E-state index in [1.807, 2.05) is 28.5 Å². The molecule has 0 radical (unpaired) electrons. The minimum Gasteiger partial charge on any atom is -0.337 e. The van der Waals surface area contributed by atoms with Crippen LogP contribution >= 0.6 is 11.3 Å². The number of likely N-dealkylation sites (tertiary alicyclic amines) is 1. The lowest BCUT2D eigenvalue weighted by molar-refractivity contribution is 0.0710. The highest BCUT2D eigenvalue weighted by atomic mass is 32.1. The second kappa shape index (κ2) is 5.49. The van der Waals surface area contributed by atoms with Gasteiger partial charge in [-0.25, -0.2) is 9.50 Å². The van der Waals surface area contributed by atoms with Crippen molar-refractivity contribution >= 4 is 23.0 Å². The number of rotatable bonds is 2. The molecule has 0 unspecified atom stereocenters. The Morgan fingerprint density at radius 2 is 2.27 bits per heavy atom. The molecule has 1 aliphatic rings. The first-order chi connectivity index (χ1) is 10.8. The van der Waals surface area contributed by atoms with Crippen molar-refractivity contribution < 1.29 is 4.79 Å². The molecule has 4 rings (SSSR count). The lowest BCUT2D eigenvalue weighted by atomic mass is 9.94. The zero-order chi connectivity index (χ0) is 14.9. The maximum Gasteiger partial charge on any atom is 0.263 e. The standard InChI is InChI=1S/C15H15N5OS/c21-14(13-4-2-8-22-13)19-7-1-3-11(9-19)12-5-6-16-15-17-10-18-20(12)15/h2,4-6,8,10-11H,1,3,7,9H2/t11-/m0/s1. The van der Waals surface area contributed by atoms with Crippen LogP contribution in [-0.4, -0.2) is 43.5 Å². The molecule has 3 aromatic rings. The Kier molecular flexibility index (Phi) is 3.34. The molecular weight excluding hydrogens is 298 g/mol. The Balaban J connectivity index is 1.61. The predicted molar refractivity (Wildman–Crippen MR) is 83.0 cm³/mol. The van der Waals surface area contributed by atoms with Crippen LogP contribution in [0, 0.1) is 0 Å². The van der Waals surface area contributed by atoms with Gasteiger partial charge in [0.05, 0.1) is 10.6 Å². The van der Waals surface area contributed by atoms with Crippen molar-refractivity contribution in [3.63, 3.8) is 0 Å². The van der Waals surface area contributed by atoms with E-state index in [4.69, 9.17) is 0 Å². The zero-order valence-electron chi connectivity index (χ0n) is 11.9. The molecule has 0 aromatic carbocycles. The third-order valence-corrected chi connectivity index (χ3v) is 4.93. The number of nitrogens with zero attached hydrogens (tertiary/aromatic N) is 5. The molecule has 4 heterocycles. The highest BCUT2D eigenvalue weighted by Gasteiger charge is 2.27. The molecule has 1 fully saturated rings. The Bertz CT molecular complexity index is 797. The normalized spacial score (nSPS) is 18.7. The molecule has 22 heavy (non-hydrogen) atoms. The predicted octanol–water partition coefficient (Wildman–Crippen LogP) is 2.21. The number of fused-ring (bicyclic) bond motifs is 1. The highest BCUT2D eigenvalue weighted by molar-refractivity contribution is 7.12. The Labute approximate surface area is 131 Å². The molecule has 1 aliphatic heterocycles. The van der Waals surface area contributed by atoms with Gasteiger partial charge in [0.2, 0.25) is 0 Å². The molecule has 6 nitrogen and oxygen atoms in total. The van der Waals surface area contributed by atoms with Crippen LogP contribution < -0.4 is 0 Å². The van der Waals surface area contributed by atoms with Crippen LogP contribution in [0.1, 0.15) is 34.1 Å². The van der Waals surface area contributed by atoms with Crippen LogP contribution in [0.5, 0.6) is 0 Å². The van der Waals surface area contributed by atoms with Gasteiger partial charge in [-0.1, -0.05) is 6.07 Å². The van der Waals surface area contributed by atoms with Crippen LogP contribution in [0.25, 0.3) is 5.78 Å². The van der Waals surface area contributed by atoms with E-state index in [1.165, 1.54) is 17.7 Å². The summed E-state index contributed by atoms with van der Waals surface area (Å²) in [4.78, 5) is 23.6. The lowest BCUT2D eigenvalue weighted by Gasteiger charge is -2.32. The van der Waals surface area contributed by atoms with Crippen LogP contribution in [0.2, 0.25) is 0 Å². The van der Waals surface area contributed by atoms with Gasteiger partial charge in [-0.2, -0.15) is 10.1 Å². The van der Waals surface area contributed by atoms with E-state index in [9.17, 15) is 4.79 Å². The molecule has 0 bridgehead atoms. The van der Waals surface area contributed by atoms with Gasteiger partial charge in [-0.05, 0) is 30.4 Å². The molecule has 3 aromatic heterocycles. The highest BCUT2D eigenvalue weighted by Crippen LogP contribution is 2.28. The van der Waals surface area contributed by atoms with Gasteiger partial charge in [0.15, 0.2) is 0 Å². The van der Waals surface area contributed by atoms with Crippen molar-refractivity contribution in [3.8, 4) is 0 Å². The molecule has 0 N–H and O–H groups in total. The molecule has 1 amide bonds. The lowest BCUT2D eigenvalue weighted by Crippen LogP contribution is -2.39. The Hall–Kier alpha value is -2.28. The first-order valence-corrected chi connectivity index (χ1v) is 8.18. The molecule has 0 aliphatic carbocycles. The van der Waals surface area contributed by atoms with E-state index in [2.05, 4.69) is 15.1 Å². The summed E-state index contributed by atoms with van der Waals surface area (Å²) in [5.41, 5.74) is 1.08. The maximum atomic E-state index is 12.5. The molecule has 0 spiro atoms. The second-order valence-corrected chi connectivity index (χ2v) is 6.36. The van der Waals surface area contributed by atoms with Crippen molar-refractivity contribution in [1.82, 2.24) is 24.5 Å². The summed E-state index contributed by atoms with van der Waals surface area (Å²) in [6.07, 6.45) is 5.33. The van der Waals surface area contributed by atoms with Crippen LogP contribution in [-0.2, 0) is 0 Å². The summed E-state index contributed by atoms with van der Waals surface area (Å²) in [6.45, 7) is 1.54. The fourth-order valence-corrected chi connectivity index (χ4v) is 3.72. The number of aromatic nitrogens is 4. The first-order valence-electron chi connectivity index (χ1n) is 7.30. The van der Waals surface area contributed by atoms with Crippen molar-refractivity contribution in [3.05, 3.63) is 46.7 Å². The number of thiophene rings is 1. The third-order valence-electron chi connectivity index (χ3n) is 4.07. The number of hydrogen-bond donors (Lipinski definition) is 0. The number of hydrogen-bond acceptors (Lipinski definition) is 5. The van der Waals surface area contributed by atoms with Crippen molar-refractivity contribution in [1.29, 1.82) is 0 Å². The van der Waals surface area contributed by atoms with Gasteiger partial charge in [-0.3, -0.25) is 4.79 Å². The molecule has 0 saturated carbocycles. The van der Waals surface area contributed by atoms with Crippen LogP contribution in [0.3, 0.4) is 0 Å². The van der Waals surface area contributed by atoms with Crippen molar-refractivity contribution in [2.45, 2.75) is 18.8 Å². The fraction of sp³-hybridized carbons (Fsp3) is 0.333. The van der Waals surface area contributed by atoms with Crippen molar-refractivity contribution in [2.24, 2.45) is 0 Å². The Morgan fingerprint density at radius 3 is 3.14 bits per heavy atom. The van der Waals surface area contributed by atoms with Gasteiger partial charge in [-0.15, -0.1) is 11.3 Å². The van der Waals surface area contributed by atoms with Gasteiger partial charge in [0.25, 0.3) is 11.7 Å². The summed E-state index contributed by atoms with van der Waals surface area (Å²) in [5.74, 6) is 1.01. The van der Waals surface area contributed by atoms with Gasteiger partial charge >= 0.3 is 0 Å². The van der Waals surface area contributed by atoms with Gasteiger partial charge in [0, 0.05) is 25.2 Å². The Morgan fingerprint density at radius 1 is 1.32 bits per heavy atom. The number of piperidine rings is 1. The topological polar surface area (TPSA) is 63.4 Å². The smallest absolute Gasteiger partial charge is 0.263 e. The van der Waals surface area contributed by atoms with Crippen molar-refractivity contribution in [2.75, 3.05) is 13.1 Å². The second-order valence-electron chi connectivity index (χ2n) is 5.41. The van der Waals surface area contributed by atoms with E-state index in [-0.39, 0.29) is 11.8 Å². The van der Waals surface area contributed by atoms with Crippen LogP contribution in [0.15, 0.2) is 36.1 Å². The molecule has 112 valence electrons. The largest absolute Gasteiger partial charge is 0.337 e. The summed E-state index contributed by atoms with van der Waals surface area (Å²) in [5, 5.41) is 6.20. The summed E-state index contributed by atoms with van der Waals surface area (Å²) >= 11 is 1.50. The zero-order valence-corrected chi connectivity index (χ0v) is 12.7. The summed E-state index contributed by atoms with van der Waals surface area (Å²) in [7, 11) is 0. The van der Waals surface area contributed by atoms with E-state index in [1.54, 1.807) is 10.7 Å². The average Bonchev–Trinajstić information content (AvgIpc) is 3.25. The summed E-state index contributed by atoms with van der Waals surface area (Å²) in [6, 6.07) is 5.78. The van der Waals surface area contributed by atoms with Gasteiger partial charge < -0.3 is 4.90 Å². The van der Waals surface area contributed by atoms with E-state index >= 15 is 0 Å². The average molecular weight is 313 g/mol.